The zero-order valence-electron chi connectivity index (χ0n) is 12.7. The highest BCUT2D eigenvalue weighted by Crippen LogP contribution is 2.47. The van der Waals surface area contributed by atoms with Crippen molar-refractivity contribution in [2.75, 3.05) is 4.90 Å². The summed E-state index contributed by atoms with van der Waals surface area (Å²) in [6.07, 6.45) is 0.274. The van der Waals surface area contributed by atoms with Gasteiger partial charge in [0.2, 0.25) is 0 Å². The van der Waals surface area contributed by atoms with E-state index in [9.17, 15) is 18.7 Å². The summed E-state index contributed by atoms with van der Waals surface area (Å²) in [7, 11) is 0. The molecular formula is C17H13F2N3O2. The second-order valence-corrected chi connectivity index (χ2v) is 5.50. The number of alkyl halides is 2. The minimum absolute atomic E-state index is 0.0243. The molecule has 0 saturated heterocycles. The molecule has 0 aliphatic carbocycles. The molecule has 5 nitrogen and oxygen atoms in total. The highest BCUT2D eigenvalue weighted by Gasteiger charge is 2.54. The van der Waals surface area contributed by atoms with Crippen LogP contribution in [0.4, 0.5) is 20.2 Å². The first-order chi connectivity index (χ1) is 11.4. The highest BCUT2D eigenvalue weighted by molar-refractivity contribution is 6.06. The van der Waals surface area contributed by atoms with Gasteiger partial charge in [-0.2, -0.15) is 8.78 Å². The number of halogens is 2. The fourth-order valence-electron chi connectivity index (χ4n) is 2.80. The smallest absolute Gasteiger partial charge is 0.352 e. The maximum Gasteiger partial charge on any atom is 0.352 e. The van der Waals surface area contributed by atoms with Crippen LogP contribution in [0.5, 0.6) is 0 Å². The zero-order chi connectivity index (χ0) is 17.5. The van der Waals surface area contributed by atoms with Crippen LogP contribution in [-0.4, -0.2) is 16.0 Å². The van der Waals surface area contributed by atoms with Crippen molar-refractivity contribution in [3.05, 3.63) is 64.8 Å². The topological polar surface area (TPSA) is 57.8 Å². The maximum absolute atomic E-state index is 14.5. The van der Waals surface area contributed by atoms with Crippen molar-refractivity contribution >= 4 is 17.3 Å². The minimum atomic E-state index is -3.71. The van der Waals surface area contributed by atoms with Crippen molar-refractivity contribution in [2.24, 2.45) is 0 Å². The summed E-state index contributed by atoms with van der Waals surface area (Å²) < 4.78 is 29.0. The number of aliphatic hydroxyl groups is 1. The number of anilines is 1. The molecule has 0 saturated carbocycles. The summed E-state index contributed by atoms with van der Waals surface area (Å²) in [5.74, 6) is -5.07. The number of pyridine rings is 1. The first-order valence-electron chi connectivity index (χ1n) is 7.20. The van der Waals surface area contributed by atoms with Crippen molar-refractivity contribution in [1.82, 2.24) is 4.98 Å². The first-order valence-corrected chi connectivity index (χ1v) is 7.20. The van der Waals surface area contributed by atoms with Gasteiger partial charge < -0.3 is 10.0 Å². The van der Waals surface area contributed by atoms with E-state index in [4.69, 9.17) is 6.57 Å². The molecule has 3 rings (SSSR count). The van der Waals surface area contributed by atoms with Crippen molar-refractivity contribution < 1.29 is 18.7 Å². The van der Waals surface area contributed by atoms with Crippen molar-refractivity contribution in [3.63, 3.8) is 0 Å². The molecule has 0 spiro atoms. The van der Waals surface area contributed by atoms with Gasteiger partial charge in [-0.1, -0.05) is 12.1 Å². The molecule has 1 atom stereocenters. The summed E-state index contributed by atoms with van der Waals surface area (Å²) in [6, 6.07) is 7.27. The van der Waals surface area contributed by atoms with E-state index in [0.29, 0.717) is 11.4 Å². The van der Waals surface area contributed by atoms with E-state index in [1.54, 1.807) is 0 Å². The number of hydrogen-bond donors (Lipinski definition) is 1. The number of rotatable bonds is 3. The Morgan fingerprint density at radius 2 is 2.17 bits per heavy atom. The Labute approximate surface area is 137 Å². The van der Waals surface area contributed by atoms with E-state index < -0.39 is 23.5 Å². The quantitative estimate of drug-likeness (QED) is 0.879. The second-order valence-electron chi connectivity index (χ2n) is 5.50. The van der Waals surface area contributed by atoms with Crippen LogP contribution in [0.25, 0.3) is 4.85 Å². The summed E-state index contributed by atoms with van der Waals surface area (Å²) in [6.45, 7) is 8.19. The lowest BCUT2D eigenvalue weighted by Gasteiger charge is -2.17. The van der Waals surface area contributed by atoms with Crippen molar-refractivity contribution in [1.29, 1.82) is 0 Å². The van der Waals surface area contributed by atoms with E-state index in [-0.39, 0.29) is 17.8 Å². The van der Waals surface area contributed by atoms with Gasteiger partial charge in [0.05, 0.1) is 30.5 Å². The SMILES string of the molecule is [C-]#[N+]c1ccnc(CN2C(=O)C(F)(F)c3c([C@H](C)O)cccc32)c1. The second kappa shape index (κ2) is 5.65. The van der Waals surface area contributed by atoms with Crippen LogP contribution in [0.2, 0.25) is 0 Å². The van der Waals surface area contributed by atoms with Crippen LogP contribution in [-0.2, 0) is 17.3 Å². The van der Waals surface area contributed by atoms with Crippen molar-refractivity contribution in [2.45, 2.75) is 25.5 Å². The predicted molar refractivity (Wildman–Crippen MR) is 82.7 cm³/mol. The van der Waals surface area contributed by atoms with Crippen molar-refractivity contribution in [3.8, 4) is 0 Å². The number of aliphatic hydroxyl groups excluding tert-OH is 1. The molecule has 1 N–H and O–H groups in total. The van der Waals surface area contributed by atoms with E-state index in [0.717, 1.165) is 4.90 Å². The van der Waals surface area contributed by atoms with E-state index in [1.165, 1.54) is 43.5 Å². The van der Waals surface area contributed by atoms with Gasteiger partial charge in [0, 0.05) is 11.9 Å². The number of fused-ring (bicyclic) bond motifs is 1. The molecule has 1 aliphatic rings. The van der Waals surface area contributed by atoms with Gasteiger partial charge in [0.15, 0.2) is 5.69 Å². The van der Waals surface area contributed by atoms with Crippen LogP contribution < -0.4 is 4.90 Å². The molecule has 0 radical (unpaired) electrons. The van der Waals surface area contributed by atoms with Gasteiger partial charge in [-0.05, 0) is 30.7 Å². The molecule has 2 heterocycles. The van der Waals surface area contributed by atoms with Gasteiger partial charge in [-0.25, -0.2) is 4.85 Å². The summed E-state index contributed by atoms with van der Waals surface area (Å²) in [5.41, 5.74) is 0.264. The van der Waals surface area contributed by atoms with Crippen LogP contribution in [0, 0.1) is 6.57 Å². The van der Waals surface area contributed by atoms with Crippen LogP contribution in [0.15, 0.2) is 36.5 Å². The molecule has 24 heavy (non-hydrogen) atoms. The van der Waals surface area contributed by atoms with E-state index >= 15 is 0 Å². The molecule has 7 heteroatoms. The molecule has 1 aliphatic heterocycles. The van der Waals surface area contributed by atoms with Crippen LogP contribution >= 0.6 is 0 Å². The highest BCUT2D eigenvalue weighted by atomic mass is 19.3. The first kappa shape index (κ1) is 16.0. The third-order valence-corrected chi connectivity index (χ3v) is 3.89. The summed E-state index contributed by atoms with van der Waals surface area (Å²) >= 11 is 0. The number of benzene rings is 1. The summed E-state index contributed by atoms with van der Waals surface area (Å²) in [4.78, 5) is 20.5. The molecule has 0 bridgehead atoms. The summed E-state index contributed by atoms with van der Waals surface area (Å²) in [5, 5.41) is 9.74. The third-order valence-electron chi connectivity index (χ3n) is 3.89. The average molecular weight is 329 g/mol. The number of carbonyl (C=O) groups excluding carboxylic acids is 1. The number of nitrogens with zero attached hydrogens (tertiary/aromatic N) is 3. The third kappa shape index (κ3) is 2.41. The lowest BCUT2D eigenvalue weighted by atomic mass is 9.98. The Bertz CT molecular complexity index is 859. The number of hydrogen-bond acceptors (Lipinski definition) is 3. The Balaban J connectivity index is 2.07. The number of aromatic nitrogens is 1. The minimum Gasteiger partial charge on any atom is -0.389 e. The normalized spacial score (nSPS) is 16.6. The number of amides is 1. The van der Waals surface area contributed by atoms with E-state index in [2.05, 4.69) is 9.83 Å². The largest absolute Gasteiger partial charge is 0.389 e. The van der Waals surface area contributed by atoms with Crippen LogP contribution in [0.3, 0.4) is 0 Å². The lowest BCUT2D eigenvalue weighted by molar-refractivity contribution is -0.141. The molecule has 1 amide bonds. The molecule has 122 valence electrons. The van der Waals surface area contributed by atoms with E-state index in [1.807, 2.05) is 0 Å². The van der Waals surface area contributed by atoms with Gasteiger partial charge in [0.1, 0.15) is 0 Å². The van der Waals surface area contributed by atoms with Gasteiger partial charge in [-0.15, -0.1) is 0 Å². The monoisotopic (exact) mass is 329 g/mol. The molecule has 0 unspecified atom stereocenters. The maximum atomic E-state index is 14.5. The predicted octanol–water partition coefficient (Wildman–Crippen LogP) is 3.32. The molecular weight excluding hydrogens is 316 g/mol. The average Bonchev–Trinajstić information content (AvgIpc) is 2.76. The Morgan fingerprint density at radius 3 is 2.83 bits per heavy atom. The van der Waals surface area contributed by atoms with Gasteiger partial charge >= 0.3 is 11.8 Å². The molecule has 2 aromatic rings. The lowest BCUT2D eigenvalue weighted by Crippen LogP contribution is -2.34. The Kier molecular flexibility index (Phi) is 3.78. The zero-order valence-corrected chi connectivity index (χ0v) is 12.7. The van der Waals surface area contributed by atoms with Gasteiger partial charge in [-0.3, -0.25) is 9.78 Å². The molecule has 1 aromatic heterocycles. The standard InChI is InChI=1S/C17H13F2N3O2/c1-10(23)13-4-3-5-14-15(13)17(18,19)16(24)22(14)9-12-8-11(20-2)6-7-21-12/h3-8,10,23H,9H2,1H3/t10-/m0/s1. The molecule has 0 fully saturated rings. The fourth-order valence-corrected chi connectivity index (χ4v) is 2.80. The van der Waals surface area contributed by atoms with Gasteiger partial charge in [0.25, 0.3) is 0 Å². The Morgan fingerprint density at radius 1 is 1.42 bits per heavy atom. The van der Waals surface area contributed by atoms with Crippen LogP contribution in [0.1, 0.15) is 29.8 Å². The molecule has 1 aromatic carbocycles. The Hall–Kier alpha value is -2.85. The fraction of sp³-hybridized carbons (Fsp3) is 0.235. The number of carbonyl (C=O) groups is 1.